The van der Waals surface area contributed by atoms with Crippen molar-refractivity contribution in [1.82, 2.24) is 0 Å². The van der Waals surface area contributed by atoms with E-state index in [4.69, 9.17) is 10.2 Å². The van der Waals surface area contributed by atoms with E-state index in [0.717, 1.165) is 11.0 Å². The van der Waals surface area contributed by atoms with Crippen molar-refractivity contribution in [2.45, 2.75) is 0 Å². The van der Waals surface area contributed by atoms with Gasteiger partial charge in [-0.15, -0.1) is 0 Å². The van der Waals surface area contributed by atoms with Gasteiger partial charge in [-0.1, -0.05) is 18.2 Å². The van der Waals surface area contributed by atoms with Crippen LogP contribution in [0.15, 0.2) is 30.3 Å². The smallest absolute Gasteiger partial charge is 0.115 e. The van der Waals surface area contributed by atoms with E-state index < -0.39 is 0 Å². The van der Waals surface area contributed by atoms with Gasteiger partial charge in [-0.2, -0.15) is 0 Å². The minimum absolute atomic E-state index is 0. The van der Waals surface area contributed by atoms with Gasteiger partial charge >= 0.3 is 0 Å². The van der Waals surface area contributed by atoms with Gasteiger partial charge in [0.25, 0.3) is 0 Å². The minimum Gasteiger partial charge on any atom is -1.00 e. The van der Waals surface area contributed by atoms with Gasteiger partial charge in [-0.25, -0.2) is 0 Å². The van der Waals surface area contributed by atoms with Gasteiger partial charge in [-0.3, -0.25) is 0 Å². The molecule has 1 rings (SSSR count). The van der Waals surface area contributed by atoms with Crippen LogP contribution >= 0.6 is 0 Å². The van der Waals surface area contributed by atoms with E-state index in [1.54, 1.807) is 24.3 Å². The molecule has 88 valence electrons. The number of phenols is 1. The fourth-order valence-electron chi connectivity index (χ4n) is 0.728. The van der Waals surface area contributed by atoms with Crippen molar-refractivity contribution in [3.8, 4) is 5.75 Å². The molecule has 1 aromatic rings. The summed E-state index contributed by atoms with van der Waals surface area (Å²) in [5.74, 6) is 0.322. The lowest BCUT2D eigenvalue weighted by atomic mass is 10.3. The van der Waals surface area contributed by atoms with Gasteiger partial charge < -0.3 is 27.1 Å². The molecule has 0 atom stereocenters. The molecule has 0 fully saturated rings. The van der Waals surface area contributed by atoms with Crippen LogP contribution in [0.1, 0.15) is 0 Å². The Hall–Kier alpha value is -0.770. The van der Waals surface area contributed by atoms with Crippen LogP contribution in [0.25, 0.3) is 0 Å². The molecule has 0 bridgehead atoms. The molecule has 0 aliphatic heterocycles. The van der Waals surface area contributed by atoms with Crippen LogP contribution in [0.5, 0.6) is 5.75 Å². The summed E-state index contributed by atoms with van der Waals surface area (Å²) in [6, 6.07) is 8.71. The topological polar surface area (TPSA) is 40.5 Å². The largest absolute Gasteiger partial charge is 1.00 e. The Labute approximate surface area is 98.0 Å². The van der Waals surface area contributed by atoms with Crippen molar-refractivity contribution in [3.63, 3.8) is 0 Å². The zero-order valence-corrected chi connectivity index (χ0v) is 10.3. The Kier molecular flexibility index (Phi) is 9.47. The van der Waals surface area contributed by atoms with Crippen molar-refractivity contribution < 1.29 is 27.1 Å². The van der Waals surface area contributed by atoms with Crippen LogP contribution in [0.3, 0.4) is 0 Å². The normalized spacial score (nSPS) is 9.60. The molecule has 3 nitrogen and oxygen atoms in total. The Morgan fingerprint density at radius 2 is 1.53 bits per heavy atom. The number of hydrogen-bond acceptors (Lipinski definition) is 2. The number of quaternary nitrogens is 1. The second-order valence-electron chi connectivity index (χ2n) is 4.07. The number of likely N-dealkylation sites (N-methyl/N-ethyl adjacent to an activating group) is 1. The minimum atomic E-state index is 0. The molecule has 0 unspecified atom stereocenters. The van der Waals surface area contributed by atoms with Crippen LogP contribution in [-0.4, -0.2) is 49.0 Å². The lowest BCUT2D eigenvalue weighted by molar-refractivity contribution is -0.870. The number of rotatable bonds is 2. The molecule has 0 aliphatic rings. The molecule has 0 aliphatic carbocycles. The Balaban J connectivity index is 0. The number of para-hydroxylation sites is 1. The fourth-order valence-corrected chi connectivity index (χ4v) is 0.728. The predicted molar refractivity (Wildman–Crippen MR) is 58.1 cm³/mol. The quantitative estimate of drug-likeness (QED) is 0.585. The van der Waals surface area contributed by atoms with Gasteiger partial charge in [0, 0.05) is 0 Å². The first-order valence-electron chi connectivity index (χ1n) is 4.61. The molecule has 2 N–H and O–H groups in total. The molecule has 0 radical (unpaired) electrons. The monoisotopic (exact) mass is 233 g/mol. The van der Waals surface area contributed by atoms with E-state index in [2.05, 4.69) is 21.1 Å². The molecular formula is C11H20ClNO2. The summed E-state index contributed by atoms with van der Waals surface area (Å²) in [6.07, 6.45) is 0. The first-order chi connectivity index (χ1) is 6.45. The van der Waals surface area contributed by atoms with Crippen LogP contribution < -0.4 is 12.4 Å². The Morgan fingerprint density at radius 3 is 1.67 bits per heavy atom. The third-order valence-corrected chi connectivity index (χ3v) is 1.53. The first kappa shape index (κ1) is 16.7. The third kappa shape index (κ3) is 13.2. The lowest BCUT2D eigenvalue weighted by Gasteiger charge is -2.21. The second kappa shape index (κ2) is 8.53. The number of hydrogen-bond donors (Lipinski definition) is 2. The van der Waals surface area contributed by atoms with Crippen LogP contribution in [0.2, 0.25) is 0 Å². The highest BCUT2D eigenvalue weighted by Crippen LogP contribution is 2.02. The summed E-state index contributed by atoms with van der Waals surface area (Å²) in [6.45, 7) is 1.11. The first-order valence-corrected chi connectivity index (χ1v) is 4.61. The average molecular weight is 234 g/mol. The van der Waals surface area contributed by atoms with Gasteiger partial charge in [0.1, 0.15) is 12.3 Å². The van der Waals surface area contributed by atoms with Crippen molar-refractivity contribution in [2.75, 3.05) is 34.3 Å². The summed E-state index contributed by atoms with van der Waals surface area (Å²) >= 11 is 0. The van der Waals surface area contributed by atoms with E-state index >= 15 is 0 Å². The summed E-state index contributed by atoms with van der Waals surface area (Å²) in [7, 11) is 6.16. The summed E-state index contributed by atoms with van der Waals surface area (Å²) in [4.78, 5) is 0. The number of aliphatic hydroxyl groups excluding tert-OH is 1. The summed E-state index contributed by atoms with van der Waals surface area (Å²) in [5, 5.41) is 17.0. The Morgan fingerprint density at radius 1 is 1.07 bits per heavy atom. The molecule has 15 heavy (non-hydrogen) atoms. The molecule has 0 saturated heterocycles. The number of benzene rings is 1. The molecule has 4 heteroatoms. The molecule has 0 saturated carbocycles. The van der Waals surface area contributed by atoms with E-state index in [1.165, 1.54) is 0 Å². The second-order valence-corrected chi connectivity index (χ2v) is 4.07. The van der Waals surface area contributed by atoms with Gasteiger partial charge in [0.15, 0.2) is 0 Å². The molecule has 0 spiro atoms. The molecule has 1 aromatic carbocycles. The summed E-state index contributed by atoms with van der Waals surface area (Å²) < 4.78 is 0.844. The van der Waals surface area contributed by atoms with E-state index in [0.29, 0.717) is 5.75 Å². The van der Waals surface area contributed by atoms with Crippen LogP contribution in [0.4, 0.5) is 0 Å². The van der Waals surface area contributed by atoms with E-state index in [-0.39, 0.29) is 19.0 Å². The maximum atomic E-state index is 8.63. The summed E-state index contributed by atoms with van der Waals surface area (Å²) in [5.41, 5.74) is 0. The highest BCUT2D eigenvalue weighted by atomic mass is 35.5. The van der Waals surface area contributed by atoms with Crippen LogP contribution in [0, 0.1) is 0 Å². The number of aromatic hydroxyl groups is 1. The SMILES string of the molecule is C[N+](C)(C)CCO.Oc1ccccc1.[Cl-]. The molecule has 0 heterocycles. The number of phenolic OH excluding ortho intramolecular Hbond substituents is 1. The average Bonchev–Trinajstić information content (AvgIpc) is 2.04. The fraction of sp³-hybridized carbons (Fsp3) is 0.455. The van der Waals surface area contributed by atoms with Gasteiger partial charge in [0.05, 0.1) is 27.7 Å². The molecule has 0 amide bonds. The number of nitrogens with zero attached hydrogens (tertiary/aromatic N) is 1. The Bertz CT molecular complexity index is 234. The van der Waals surface area contributed by atoms with Crippen molar-refractivity contribution in [2.24, 2.45) is 0 Å². The van der Waals surface area contributed by atoms with Crippen molar-refractivity contribution in [1.29, 1.82) is 0 Å². The predicted octanol–water partition coefficient (Wildman–Crippen LogP) is -1.92. The zero-order chi connectivity index (χ0) is 11.0. The number of halogens is 1. The number of aliphatic hydroxyl groups is 1. The highest BCUT2D eigenvalue weighted by Gasteiger charge is 2.02. The molecular weight excluding hydrogens is 214 g/mol. The van der Waals surface area contributed by atoms with Gasteiger partial charge in [-0.05, 0) is 12.1 Å². The van der Waals surface area contributed by atoms with Gasteiger partial charge in [0.2, 0.25) is 0 Å². The maximum Gasteiger partial charge on any atom is 0.115 e. The maximum absolute atomic E-state index is 8.63. The van der Waals surface area contributed by atoms with E-state index in [9.17, 15) is 0 Å². The zero-order valence-electron chi connectivity index (χ0n) is 9.52. The van der Waals surface area contributed by atoms with Crippen LogP contribution in [-0.2, 0) is 0 Å². The van der Waals surface area contributed by atoms with Crippen molar-refractivity contribution >= 4 is 0 Å². The molecule has 0 aromatic heterocycles. The lowest BCUT2D eigenvalue weighted by Crippen LogP contribution is -3.00. The standard InChI is InChI=1S/C6H6O.C5H14NO.ClH/c7-6-4-2-1-3-5-6;1-6(2,3)4-5-7;/h1-5,7H;7H,4-5H2,1-3H3;1H/q;+1;/p-1. The highest BCUT2D eigenvalue weighted by molar-refractivity contribution is 5.18. The van der Waals surface area contributed by atoms with Crippen molar-refractivity contribution in [3.05, 3.63) is 30.3 Å². The van der Waals surface area contributed by atoms with E-state index in [1.807, 2.05) is 6.07 Å². The third-order valence-electron chi connectivity index (χ3n) is 1.53.